The SMILES string of the molecule is CCC(C(=O)NCCn1cnc(-c2ccc(F)cc2)cc1=O)c1ccccc1. The average Bonchev–Trinajstić information content (AvgIpc) is 2.71. The van der Waals surface area contributed by atoms with Gasteiger partial charge in [0.05, 0.1) is 17.9 Å². The molecule has 5 nitrogen and oxygen atoms in total. The van der Waals surface area contributed by atoms with Crippen LogP contribution >= 0.6 is 0 Å². The van der Waals surface area contributed by atoms with Gasteiger partial charge in [-0.2, -0.15) is 0 Å². The summed E-state index contributed by atoms with van der Waals surface area (Å²) < 4.78 is 14.5. The summed E-state index contributed by atoms with van der Waals surface area (Å²) in [5, 5.41) is 2.89. The molecule has 0 aliphatic heterocycles. The monoisotopic (exact) mass is 379 g/mol. The van der Waals surface area contributed by atoms with Gasteiger partial charge in [0.25, 0.3) is 5.56 Å². The van der Waals surface area contributed by atoms with Gasteiger partial charge in [-0.15, -0.1) is 0 Å². The second-order valence-corrected chi connectivity index (χ2v) is 6.48. The maximum Gasteiger partial charge on any atom is 0.253 e. The van der Waals surface area contributed by atoms with Crippen LogP contribution in [0.5, 0.6) is 0 Å². The molecule has 144 valence electrons. The first-order valence-electron chi connectivity index (χ1n) is 9.23. The number of nitrogens with one attached hydrogen (secondary N) is 1. The Balaban J connectivity index is 1.61. The van der Waals surface area contributed by atoms with E-state index < -0.39 is 0 Å². The Bertz CT molecular complexity index is 985. The highest BCUT2D eigenvalue weighted by molar-refractivity contribution is 5.83. The van der Waals surface area contributed by atoms with Crippen LogP contribution in [0, 0.1) is 5.82 Å². The number of aromatic nitrogens is 2. The molecule has 1 amide bonds. The Labute approximate surface area is 162 Å². The van der Waals surface area contributed by atoms with Gasteiger partial charge in [0, 0.05) is 24.7 Å². The minimum absolute atomic E-state index is 0.0577. The second-order valence-electron chi connectivity index (χ2n) is 6.48. The lowest BCUT2D eigenvalue weighted by Crippen LogP contribution is -2.33. The highest BCUT2D eigenvalue weighted by Crippen LogP contribution is 2.19. The molecule has 1 heterocycles. The van der Waals surface area contributed by atoms with Crippen molar-refractivity contribution >= 4 is 5.91 Å². The number of amides is 1. The third kappa shape index (κ3) is 4.71. The summed E-state index contributed by atoms with van der Waals surface area (Å²) in [4.78, 5) is 29.0. The molecule has 0 aliphatic rings. The zero-order valence-electron chi connectivity index (χ0n) is 15.6. The molecule has 3 rings (SSSR count). The Morgan fingerprint density at radius 3 is 2.50 bits per heavy atom. The predicted octanol–water partition coefficient (Wildman–Crippen LogP) is 3.36. The molecule has 6 heteroatoms. The molecule has 1 unspecified atom stereocenters. The van der Waals surface area contributed by atoms with E-state index in [4.69, 9.17) is 0 Å². The Hall–Kier alpha value is -3.28. The van der Waals surface area contributed by atoms with E-state index in [1.54, 1.807) is 12.1 Å². The van der Waals surface area contributed by atoms with Crippen molar-refractivity contribution in [1.29, 1.82) is 0 Å². The molecule has 0 radical (unpaired) electrons. The molecule has 0 saturated heterocycles. The number of halogens is 1. The summed E-state index contributed by atoms with van der Waals surface area (Å²) in [7, 11) is 0. The molecule has 3 aromatic rings. The van der Waals surface area contributed by atoms with Gasteiger partial charge in [-0.25, -0.2) is 9.37 Å². The van der Waals surface area contributed by atoms with Gasteiger partial charge >= 0.3 is 0 Å². The maximum absolute atomic E-state index is 13.0. The summed E-state index contributed by atoms with van der Waals surface area (Å²) in [5.74, 6) is -0.608. The normalized spacial score (nSPS) is 11.8. The summed E-state index contributed by atoms with van der Waals surface area (Å²) >= 11 is 0. The largest absolute Gasteiger partial charge is 0.354 e. The van der Waals surface area contributed by atoms with E-state index in [-0.39, 0.29) is 23.2 Å². The number of carbonyl (C=O) groups excluding carboxylic acids is 1. The van der Waals surface area contributed by atoms with E-state index >= 15 is 0 Å². The Morgan fingerprint density at radius 1 is 1.14 bits per heavy atom. The van der Waals surface area contributed by atoms with Crippen LogP contribution in [-0.2, 0) is 11.3 Å². The van der Waals surface area contributed by atoms with Crippen LogP contribution in [-0.4, -0.2) is 22.0 Å². The fraction of sp³-hybridized carbons (Fsp3) is 0.227. The van der Waals surface area contributed by atoms with Crippen LogP contribution in [0.25, 0.3) is 11.3 Å². The van der Waals surface area contributed by atoms with E-state index in [2.05, 4.69) is 10.3 Å². The number of nitrogens with zero attached hydrogens (tertiary/aromatic N) is 2. The minimum Gasteiger partial charge on any atom is -0.354 e. The molecular weight excluding hydrogens is 357 g/mol. The predicted molar refractivity (Wildman–Crippen MR) is 106 cm³/mol. The molecule has 0 fully saturated rings. The van der Waals surface area contributed by atoms with Crippen molar-refractivity contribution in [2.24, 2.45) is 0 Å². The maximum atomic E-state index is 13.0. The zero-order chi connectivity index (χ0) is 19.9. The number of carbonyl (C=O) groups is 1. The van der Waals surface area contributed by atoms with Gasteiger partial charge in [0.15, 0.2) is 0 Å². The molecule has 0 bridgehead atoms. The molecule has 2 aromatic carbocycles. The number of hydrogen-bond donors (Lipinski definition) is 1. The van der Waals surface area contributed by atoms with Gasteiger partial charge in [-0.1, -0.05) is 37.3 Å². The van der Waals surface area contributed by atoms with Crippen LogP contribution in [0.2, 0.25) is 0 Å². The molecule has 0 spiro atoms. The third-order valence-electron chi connectivity index (χ3n) is 4.60. The van der Waals surface area contributed by atoms with E-state index in [0.717, 1.165) is 5.56 Å². The van der Waals surface area contributed by atoms with E-state index in [0.29, 0.717) is 30.8 Å². The highest BCUT2D eigenvalue weighted by Gasteiger charge is 2.17. The Kier molecular flexibility index (Phi) is 6.32. The van der Waals surface area contributed by atoms with Crippen molar-refractivity contribution in [2.75, 3.05) is 6.54 Å². The first-order valence-corrected chi connectivity index (χ1v) is 9.23. The molecule has 0 aliphatic carbocycles. The van der Waals surface area contributed by atoms with Crippen molar-refractivity contribution in [3.05, 3.63) is 88.7 Å². The van der Waals surface area contributed by atoms with Gasteiger partial charge in [0.2, 0.25) is 5.91 Å². The van der Waals surface area contributed by atoms with Crippen molar-refractivity contribution in [3.63, 3.8) is 0 Å². The Morgan fingerprint density at radius 2 is 1.86 bits per heavy atom. The van der Waals surface area contributed by atoms with E-state index in [1.807, 2.05) is 37.3 Å². The van der Waals surface area contributed by atoms with Gasteiger partial charge in [-0.3, -0.25) is 14.2 Å². The lowest BCUT2D eigenvalue weighted by Gasteiger charge is -2.15. The van der Waals surface area contributed by atoms with E-state index in [9.17, 15) is 14.0 Å². The minimum atomic E-state index is -0.339. The lowest BCUT2D eigenvalue weighted by atomic mass is 9.96. The molecule has 1 aromatic heterocycles. The molecule has 0 saturated carbocycles. The third-order valence-corrected chi connectivity index (χ3v) is 4.60. The molecule has 28 heavy (non-hydrogen) atoms. The summed E-state index contributed by atoms with van der Waals surface area (Å²) in [6.45, 7) is 2.63. The van der Waals surface area contributed by atoms with Crippen molar-refractivity contribution < 1.29 is 9.18 Å². The smallest absolute Gasteiger partial charge is 0.253 e. The number of rotatable bonds is 7. The summed E-state index contributed by atoms with van der Waals surface area (Å²) in [5.41, 5.74) is 1.91. The van der Waals surface area contributed by atoms with Crippen LogP contribution in [0.15, 0.2) is 71.8 Å². The fourth-order valence-electron chi connectivity index (χ4n) is 3.05. The van der Waals surface area contributed by atoms with Gasteiger partial charge < -0.3 is 5.32 Å². The highest BCUT2D eigenvalue weighted by atomic mass is 19.1. The lowest BCUT2D eigenvalue weighted by molar-refractivity contribution is -0.122. The van der Waals surface area contributed by atoms with Crippen molar-refractivity contribution in [1.82, 2.24) is 14.9 Å². The van der Waals surface area contributed by atoms with Gasteiger partial charge in [0.1, 0.15) is 5.82 Å². The molecule has 1 N–H and O–H groups in total. The summed E-state index contributed by atoms with van der Waals surface area (Å²) in [6.07, 6.45) is 2.14. The van der Waals surface area contributed by atoms with Crippen LogP contribution in [0.4, 0.5) is 4.39 Å². The van der Waals surface area contributed by atoms with Crippen LogP contribution < -0.4 is 10.9 Å². The van der Waals surface area contributed by atoms with Crippen molar-refractivity contribution in [2.45, 2.75) is 25.8 Å². The quantitative estimate of drug-likeness (QED) is 0.685. The van der Waals surface area contributed by atoms with Crippen LogP contribution in [0.1, 0.15) is 24.8 Å². The van der Waals surface area contributed by atoms with Gasteiger partial charge in [-0.05, 0) is 36.2 Å². The topological polar surface area (TPSA) is 64.0 Å². The zero-order valence-corrected chi connectivity index (χ0v) is 15.6. The second kappa shape index (κ2) is 9.08. The van der Waals surface area contributed by atoms with Crippen molar-refractivity contribution in [3.8, 4) is 11.3 Å². The first-order chi connectivity index (χ1) is 13.6. The number of benzene rings is 2. The molecular formula is C22H22FN3O2. The average molecular weight is 379 g/mol. The van der Waals surface area contributed by atoms with E-state index in [1.165, 1.54) is 29.1 Å². The molecule has 1 atom stereocenters. The first kappa shape index (κ1) is 19.5. The fourth-order valence-corrected chi connectivity index (χ4v) is 3.05. The summed E-state index contributed by atoms with van der Waals surface area (Å²) in [6, 6.07) is 16.9. The van der Waals surface area contributed by atoms with Crippen LogP contribution in [0.3, 0.4) is 0 Å². The standard InChI is InChI=1S/C22H22FN3O2/c1-2-19(16-6-4-3-5-7-16)22(28)24-12-13-26-15-25-20(14-21(26)27)17-8-10-18(23)11-9-17/h3-11,14-15,19H,2,12-13H2,1H3,(H,24,28). The number of hydrogen-bond acceptors (Lipinski definition) is 3.